The highest BCUT2D eigenvalue weighted by Gasteiger charge is 2.19. The number of nitrogens with zero attached hydrogens (tertiary/aromatic N) is 3. The third-order valence-corrected chi connectivity index (χ3v) is 5.66. The predicted molar refractivity (Wildman–Crippen MR) is 101 cm³/mol. The van der Waals surface area contributed by atoms with E-state index in [1.54, 1.807) is 29.3 Å². The van der Waals surface area contributed by atoms with Gasteiger partial charge in [0.15, 0.2) is 0 Å². The van der Waals surface area contributed by atoms with Crippen LogP contribution in [0, 0.1) is 20.2 Å². The molecule has 0 spiro atoms. The monoisotopic (exact) mass is 380 g/mol. The molecule has 0 aliphatic carbocycles. The highest BCUT2D eigenvalue weighted by atomic mass is 32.2. The number of thiophene rings is 1. The van der Waals surface area contributed by atoms with Crippen LogP contribution < -0.4 is 5.43 Å². The Hall–Kier alpha value is -2.46. The number of nitro groups is 2. The lowest BCUT2D eigenvalue weighted by Crippen LogP contribution is -1.98. The van der Waals surface area contributed by atoms with Crippen LogP contribution in [0.5, 0.6) is 0 Å². The number of benzene rings is 1. The zero-order valence-corrected chi connectivity index (χ0v) is 15.2. The lowest BCUT2D eigenvalue weighted by Gasteiger charge is -2.02. The maximum atomic E-state index is 11.1. The molecule has 10 heteroatoms. The molecule has 0 amide bonds. The van der Waals surface area contributed by atoms with Crippen LogP contribution >= 0.6 is 23.1 Å². The SMILES string of the molecule is CCSc1sc(CC)cc1/C=N/Nc1ccc([N+](=O)[O-])cc1[N+](=O)[O-]. The van der Waals surface area contributed by atoms with E-state index in [9.17, 15) is 20.2 Å². The number of hydrazone groups is 1. The summed E-state index contributed by atoms with van der Waals surface area (Å²) in [6.45, 7) is 4.14. The summed E-state index contributed by atoms with van der Waals surface area (Å²) in [6, 6.07) is 5.43. The Kier molecular flexibility index (Phi) is 6.48. The molecule has 1 aromatic heterocycles. The van der Waals surface area contributed by atoms with E-state index in [0.717, 1.165) is 28.0 Å². The van der Waals surface area contributed by atoms with Gasteiger partial charge in [0, 0.05) is 16.5 Å². The largest absolute Gasteiger partial charge is 0.301 e. The molecular weight excluding hydrogens is 364 g/mol. The molecule has 1 heterocycles. The second-order valence-electron chi connectivity index (χ2n) is 4.83. The first-order chi connectivity index (χ1) is 12.0. The summed E-state index contributed by atoms with van der Waals surface area (Å²) in [4.78, 5) is 21.7. The van der Waals surface area contributed by atoms with Gasteiger partial charge in [-0.2, -0.15) is 5.10 Å². The number of thioether (sulfide) groups is 1. The van der Waals surface area contributed by atoms with E-state index in [4.69, 9.17) is 0 Å². The van der Waals surface area contributed by atoms with Crippen molar-refractivity contribution in [2.24, 2.45) is 5.10 Å². The molecule has 0 fully saturated rings. The third-order valence-electron chi connectivity index (χ3n) is 3.18. The molecule has 132 valence electrons. The van der Waals surface area contributed by atoms with Crippen LogP contribution in [0.15, 0.2) is 33.6 Å². The van der Waals surface area contributed by atoms with Crippen LogP contribution in [0.3, 0.4) is 0 Å². The van der Waals surface area contributed by atoms with Crippen LogP contribution in [0.25, 0.3) is 0 Å². The Morgan fingerprint density at radius 1 is 1.24 bits per heavy atom. The van der Waals surface area contributed by atoms with Gasteiger partial charge in [0.2, 0.25) is 0 Å². The normalized spacial score (nSPS) is 11.0. The predicted octanol–water partition coefficient (Wildman–Crippen LogP) is 4.68. The van der Waals surface area contributed by atoms with Gasteiger partial charge in [0.25, 0.3) is 5.69 Å². The van der Waals surface area contributed by atoms with Gasteiger partial charge in [0.05, 0.1) is 26.3 Å². The van der Waals surface area contributed by atoms with Crippen LogP contribution in [0.1, 0.15) is 24.3 Å². The lowest BCUT2D eigenvalue weighted by molar-refractivity contribution is -0.393. The lowest BCUT2D eigenvalue weighted by atomic mass is 10.2. The number of hydrogen-bond acceptors (Lipinski definition) is 8. The first-order valence-electron chi connectivity index (χ1n) is 7.43. The third kappa shape index (κ3) is 4.77. The number of nitrogens with one attached hydrogen (secondary N) is 1. The van der Waals surface area contributed by atoms with Gasteiger partial charge < -0.3 is 0 Å². The van der Waals surface area contributed by atoms with Crippen molar-refractivity contribution in [2.45, 2.75) is 24.5 Å². The Bertz CT molecular complexity index is 820. The van der Waals surface area contributed by atoms with Crippen LogP contribution in [-0.2, 0) is 6.42 Å². The van der Waals surface area contributed by atoms with E-state index in [2.05, 4.69) is 24.4 Å². The van der Waals surface area contributed by atoms with E-state index in [1.807, 2.05) is 6.07 Å². The molecule has 0 saturated carbocycles. The number of anilines is 1. The van der Waals surface area contributed by atoms with Crippen molar-refractivity contribution in [3.8, 4) is 0 Å². The van der Waals surface area contributed by atoms with E-state index >= 15 is 0 Å². The van der Waals surface area contributed by atoms with Crippen LogP contribution in [0.4, 0.5) is 17.1 Å². The van der Waals surface area contributed by atoms with Crippen LogP contribution in [0.2, 0.25) is 0 Å². The minimum absolute atomic E-state index is 0.0995. The van der Waals surface area contributed by atoms with Gasteiger partial charge in [-0.3, -0.25) is 25.7 Å². The van der Waals surface area contributed by atoms with Gasteiger partial charge >= 0.3 is 5.69 Å². The number of hydrogen-bond donors (Lipinski definition) is 1. The Labute approximate surface area is 152 Å². The molecule has 1 N–H and O–H groups in total. The Balaban J connectivity index is 2.23. The quantitative estimate of drug-likeness (QED) is 0.308. The first-order valence-corrected chi connectivity index (χ1v) is 9.23. The maximum Gasteiger partial charge on any atom is 0.301 e. The average molecular weight is 380 g/mol. The standard InChI is InChI=1S/C15H16N4O4S2/c1-3-12-7-10(15(25-12)24-4-2)9-16-17-13-6-5-11(18(20)21)8-14(13)19(22)23/h5-9,17H,3-4H2,1-2H3/b16-9+. The minimum atomic E-state index is -0.678. The van der Waals surface area contributed by atoms with Gasteiger partial charge in [-0.1, -0.05) is 13.8 Å². The number of rotatable bonds is 8. The van der Waals surface area contributed by atoms with Crippen molar-refractivity contribution in [2.75, 3.05) is 11.2 Å². The summed E-state index contributed by atoms with van der Waals surface area (Å²) >= 11 is 3.42. The van der Waals surface area contributed by atoms with E-state index < -0.39 is 15.5 Å². The van der Waals surface area contributed by atoms with Crippen molar-refractivity contribution in [3.05, 3.63) is 54.9 Å². The zero-order valence-electron chi connectivity index (χ0n) is 13.6. The molecule has 0 atom stereocenters. The summed E-state index contributed by atoms with van der Waals surface area (Å²) in [5.41, 5.74) is 2.92. The summed E-state index contributed by atoms with van der Waals surface area (Å²) < 4.78 is 1.14. The molecule has 0 aliphatic rings. The molecule has 2 aromatic rings. The Morgan fingerprint density at radius 3 is 2.60 bits per heavy atom. The molecule has 25 heavy (non-hydrogen) atoms. The fourth-order valence-corrected chi connectivity index (χ4v) is 4.25. The topological polar surface area (TPSA) is 111 Å². The van der Waals surface area contributed by atoms with Crippen molar-refractivity contribution in [3.63, 3.8) is 0 Å². The van der Waals surface area contributed by atoms with Gasteiger partial charge in [-0.25, -0.2) is 0 Å². The van der Waals surface area contributed by atoms with Crippen molar-refractivity contribution in [1.82, 2.24) is 0 Å². The fraction of sp³-hybridized carbons (Fsp3) is 0.267. The summed E-state index contributed by atoms with van der Waals surface area (Å²) in [7, 11) is 0. The minimum Gasteiger partial charge on any atom is -0.272 e. The van der Waals surface area contributed by atoms with Gasteiger partial charge in [-0.05, 0) is 24.3 Å². The number of non-ortho nitro benzene ring substituents is 1. The fourth-order valence-electron chi connectivity index (χ4n) is 2.00. The number of aryl methyl sites for hydroxylation is 1. The first kappa shape index (κ1) is 18.9. The molecule has 0 radical (unpaired) electrons. The molecule has 0 saturated heterocycles. The zero-order chi connectivity index (χ0) is 18.4. The van der Waals surface area contributed by atoms with Gasteiger partial charge in [-0.15, -0.1) is 23.1 Å². The van der Waals surface area contributed by atoms with Crippen molar-refractivity contribution < 1.29 is 9.85 Å². The van der Waals surface area contributed by atoms with Crippen LogP contribution in [-0.4, -0.2) is 21.8 Å². The van der Waals surface area contributed by atoms with E-state index in [1.165, 1.54) is 17.0 Å². The molecule has 0 unspecified atom stereocenters. The summed E-state index contributed by atoms with van der Waals surface area (Å²) in [5.74, 6) is 0.936. The highest BCUT2D eigenvalue weighted by Crippen LogP contribution is 2.32. The van der Waals surface area contributed by atoms with Crippen molar-refractivity contribution >= 4 is 46.4 Å². The molecule has 2 rings (SSSR count). The molecule has 0 aliphatic heterocycles. The smallest absolute Gasteiger partial charge is 0.272 e. The Morgan fingerprint density at radius 2 is 2.00 bits per heavy atom. The van der Waals surface area contributed by atoms with E-state index in [-0.39, 0.29) is 11.4 Å². The summed E-state index contributed by atoms with van der Waals surface area (Å²) in [6.07, 6.45) is 2.54. The molecular formula is C15H16N4O4S2. The second kappa shape index (κ2) is 8.58. The average Bonchev–Trinajstić information content (AvgIpc) is 2.97. The van der Waals surface area contributed by atoms with Crippen molar-refractivity contribution in [1.29, 1.82) is 0 Å². The van der Waals surface area contributed by atoms with E-state index in [0.29, 0.717) is 0 Å². The maximum absolute atomic E-state index is 11.1. The molecule has 1 aromatic carbocycles. The summed E-state index contributed by atoms with van der Waals surface area (Å²) in [5, 5.41) is 25.9. The molecule has 0 bridgehead atoms. The second-order valence-corrected chi connectivity index (χ2v) is 7.50. The molecule has 8 nitrogen and oxygen atoms in total. The van der Waals surface area contributed by atoms with Gasteiger partial charge in [0.1, 0.15) is 5.69 Å². The highest BCUT2D eigenvalue weighted by molar-refractivity contribution is 8.01. The number of nitro benzene ring substituents is 2.